The molecule has 1 aromatic heterocycles. The molecule has 0 bridgehead atoms. The first-order valence-corrected chi connectivity index (χ1v) is 5.72. The lowest BCUT2D eigenvalue weighted by Gasteiger charge is -2.30. The number of anilines is 1. The summed E-state index contributed by atoms with van der Waals surface area (Å²) in [6, 6.07) is 3.39. The highest BCUT2D eigenvalue weighted by Crippen LogP contribution is 2.17. The van der Waals surface area contributed by atoms with Gasteiger partial charge in [-0.3, -0.25) is 0 Å². The highest BCUT2D eigenvalue weighted by Gasteiger charge is 2.16. The van der Waals surface area contributed by atoms with E-state index in [4.69, 9.17) is 5.11 Å². The van der Waals surface area contributed by atoms with Crippen LogP contribution >= 0.6 is 0 Å². The highest BCUT2D eigenvalue weighted by atomic mass is 19.1. The van der Waals surface area contributed by atoms with E-state index >= 15 is 0 Å². The van der Waals surface area contributed by atoms with Gasteiger partial charge in [0.15, 0.2) is 0 Å². The van der Waals surface area contributed by atoms with E-state index in [-0.39, 0.29) is 12.4 Å². The first kappa shape index (κ1) is 12.9. The molecule has 16 heavy (non-hydrogen) atoms. The van der Waals surface area contributed by atoms with Crippen molar-refractivity contribution in [2.45, 2.75) is 32.7 Å². The van der Waals surface area contributed by atoms with E-state index in [9.17, 15) is 4.39 Å². The minimum absolute atomic E-state index is 0.0789. The molecule has 1 heterocycles. The molecule has 0 saturated carbocycles. The average Bonchev–Trinajstić information content (AvgIpc) is 2.31. The first-order chi connectivity index (χ1) is 7.72. The lowest BCUT2D eigenvalue weighted by molar-refractivity contribution is 0.295. The van der Waals surface area contributed by atoms with Gasteiger partial charge in [0.2, 0.25) is 0 Å². The van der Waals surface area contributed by atoms with Crippen LogP contribution in [0, 0.1) is 5.82 Å². The van der Waals surface area contributed by atoms with Gasteiger partial charge in [0, 0.05) is 12.6 Å². The molecule has 1 aromatic rings. The quantitative estimate of drug-likeness (QED) is 0.808. The monoisotopic (exact) mass is 226 g/mol. The smallest absolute Gasteiger partial charge is 0.141 e. The van der Waals surface area contributed by atoms with Crippen molar-refractivity contribution in [3.8, 4) is 0 Å². The fraction of sp³-hybridized carbons (Fsp3) is 0.583. The summed E-state index contributed by atoms with van der Waals surface area (Å²) in [6.07, 6.45) is 3.17. The summed E-state index contributed by atoms with van der Waals surface area (Å²) >= 11 is 0. The normalized spacial score (nSPS) is 10.8. The van der Waals surface area contributed by atoms with E-state index in [0.29, 0.717) is 12.6 Å². The van der Waals surface area contributed by atoms with Crippen molar-refractivity contribution in [1.82, 2.24) is 4.98 Å². The number of nitrogens with zero attached hydrogens (tertiary/aromatic N) is 2. The van der Waals surface area contributed by atoms with Gasteiger partial charge in [0.05, 0.1) is 12.8 Å². The van der Waals surface area contributed by atoms with Crippen molar-refractivity contribution in [1.29, 1.82) is 0 Å². The SMILES string of the molecule is CCC(CC)N(CCO)c1ccc(F)cn1. The maximum Gasteiger partial charge on any atom is 0.141 e. The number of rotatable bonds is 6. The predicted molar refractivity (Wildman–Crippen MR) is 63.0 cm³/mol. The number of halogens is 1. The van der Waals surface area contributed by atoms with Gasteiger partial charge < -0.3 is 10.0 Å². The van der Waals surface area contributed by atoms with E-state index in [0.717, 1.165) is 18.7 Å². The second-order valence-corrected chi connectivity index (χ2v) is 3.72. The molecule has 0 aliphatic carbocycles. The number of hydrogen-bond acceptors (Lipinski definition) is 3. The van der Waals surface area contributed by atoms with Crippen LogP contribution in [0.3, 0.4) is 0 Å². The molecule has 90 valence electrons. The van der Waals surface area contributed by atoms with Crippen molar-refractivity contribution in [2.75, 3.05) is 18.1 Å². The Morgan fingerprint density at radius 3 is 2.50 bits per heavy atom. The van der Waals surface area contributed by atoms with Crippen molar-refractivity contribution >= 4 is 5.82 Å². The van der Waals surface area contributed by atoms with Crippen molar-refractivity contribution < 1.29 is 9.50 Å². The molecule has 4 heteroatoms. The van der Waals surface area contributed by atoms with Gasteiger partial charge in [0.25, 0.3) is 0 Å². The van der Waals surface area contributed by atoms with Crippen molar-refractivity contribution in [3.05, 3.63) is 24.1 Å². The third-order valence-corrected chi connectivity index (χ3v) is 2.73. The lowest BCUT2D eigenvalue weighted by Crippen LogP contribution is -2.37. The van der Waals surface area contributed by atoms with Crippen LogP contribution in [0.25, 0.3) is 0 Å². The minimum atomic E-state index is -0.336. The van der Waals surface area contributed by atoms with E-state index < -0.39 is 0 Å². The maximum absolute atomic E-state index is 12.8. The summed E-state index contributed by atoms with van der Waals surface area (Å²) in [6.45, 7) is 4.81. The Kier molecular flexibility index (Phi) is 5.19. The number of aliphatic hydroxyl groups excluding tert-OH is 1. The molecule has 0 aliphatic rings. The van der Waals surface area contributed by atoms with Crippen LogP contribution in [-0.4, -0.2) is 29.3 Å². The Labute approximate surface area is 95.9 Å². The Morgan fingerprint density at radius 1 is 1.38 bits per heavy atom. The molecule has 0 fully saturated rings. The van der Waals surface area contributed by atoms with Crippen LogP contribution < -0.4 is 4.90 Å². The predicted octanol–water partition coefficient (Wildman–Crippen LogP) is 2.21. The topological polar surface area (TPSA) is 36.4 Å². The number of aromatic nitrogens is 1. The summed E-state index contributed by atoms with van der Waals surface area (Å²) < 4.78 is 12.8. The Balaban J connectivity index is 2.87. The summed E-state index contributed by atoms with van der Waals surface area (Å²) in [5.41, 5.74) is 0. The molecule has 0 atom stereocenters. The van der Waals surface area contributed by atoms with Gasteiger partial charge in [-0.05, 0) is 25.0 Å². The van der Waals surface area contributed by atoms with E-state index in [1.165, 1.54) is 12.3 Å². The van der Waals surface area contributed by atoms with Crippen LogP contribution in [0.4, 0.5) is 10.2 Å². The summed E-state index contributed by atoms with van der Waals surface area (Å²) in [5, 5.41) is 9.05. The second-order valence-electron chi connectivity index (χ2n) is 3.72. The molecule has 0 aliphatic heterocycles. The number of aliphatic hydroxyl groups is 1. The lowest BCUT2D eigenvalue weighted by atomic mass is 10.1. The number of pyridine rings is 1. The zero-order chi connectivity index (χ0) is 12.0. The molecule has 1 rings (SSSR count). The highest BCUT2D eigenvalue weighted by molar-refractivity contribution is 5.39. The summed E-state index contributed by atoms with van der Waals surface area (Å²) in [5.74, 6) is 0.390. The van der Waals surface area contributed by atoms with Gasteiger partial charge in [-0.15, -0.1) is 0 Å². The zero-order valence-corrected chi connectivity index (χ0v) is 9.86. The largest absolute Gasteiger partial charge is 0.395 e. The third kappa shape index (κ3) is 3.17. The molecule has 1 N–H and O–H groups in total. The van der Waals surface area contributed by atoms with Crippen molar-refractivity contribution in [2.24, 2.45) is 0 Å². The van der Waals surface area contributed by atoms with Gasteiger partial charge in [-0.1, -0.05) is 13.8 Å². The van der Waals surface area contributed by atoms with Crippen molar-refractivity contribution in [3.63, 3.8) is 0 Å². The molecule has 0 saturated heterocycles. The first-order valence-electron chi connectivity index (χ1n) is 5.72. The van der Waals surface area contributed by atoms with Crippen LogP contribution in [0.1, 0.15) is 26.7 Å². The molecule has 0 unspecified atom stereocenters. The summed E-state index contributed by atoms with van der Waals surface area (Å²) in [4.78, 5) is 6.08. The number of hydrogen-bond donors (Lipinski definition) is 1. The van der Waals surface area contributed by atoms with E-state index in [1.54, 1.807) is 6.07 Å². The Hall–Kier alpha value is -1.16. The zero-order valence-electron chi connectivity index (χ0n) is 9.86. The standard InChI is InChI=1S/C12H19FN2O/c1-3-11(4-2)15(7-8-16)12-6-5-10(13)9-14-12/h5-6,9,11,16H,3-4,7-8H2,1-2H3. The molecule has 3 nitrogen and oxygen atoms in total. The Bertz CT molecular complexity index is 298. The van der Waals surface area contributed by atoms with Crippen LogP contribution in [0.15, 0.2) is 18.3 Å². The fourth-order valence-corrected chi connectivity index (χ4v) is 1.86. The van der Waals surface area contributed by atoms with Crippen LogP contribution in [0.5, 0.6) is 0 Å². The molecular weight excluding hydrogens is 207 g/mol. The minimum Gasteiger partial charge on any atom is -0.395 e. The average molecular weight is 226 g/mol. The molecule has 0 radical (unpaired) electrons. The van der Waals surface area contributed by atoms with Gasteiger partial charge >= 0.3 is 0 Å². The molecule has 0 aromatic carbocycles. The van der Waals surface area contributed by atoms with Crippen LogP contribution in [0.2, 0.25) is 0 Å². The molecular formula is C12H19FN2O. The van der Waals surface area contributed by atoms with Gasteiger partial charge in [0.1, 0.15) is 11.6 Å². The van der Waals surface area contributed by atoms with Gasteiger partial charge in [-0.25, -0.2) is 9.37 Å². The maximum atomic E-state index is 12.8. The fourth-order valence-electron chi connectivity index (χ4n) is 1.86. The third-order valence-electron chi connectivity index (χ3n) is 2.73. The summed E-state index contributed by atoms with van der Waals surface area (Å²) in [7, 11) is 0. The van der Waals surface area contributed by atoms with Crippen LogP contribution in [-0.2, 0) is 0 Å². The Morgan fingerprint density at radius 2 is 2.06 bits per heavy atom. The molecule has 0 amide bonds. The van der Waals surface area contributed by atoms with E-state index in [2.05, 4.69) is 18.8 Å². The second kappa shape index (κ2) is 6.43. The molecule has 0 spiro atoms. The van der Waals surface area contributed by atoms with E-state index in [1.807, 2.05) is 4.90 Å². The van der Waals surface area contributed by atoms with Gasteiger partial charge in [-0.2, -0.15) is 0 Å².